The fraction of sp³-hybridized carbons (Fsp3) is 0.296. The predicted octanol–water partition coefficient (Wildman–Crippen LogP) is 6.47. The van der Waals surface area contributed by atoms with E-state index >= 15 is 0 Å². The first-order valence-electron chi connectivity index (χ1n) is 11.2. The van der Waals surface area contributed by atoms with E-state index in [2.05, 4.69) is 41.7 Å². The van der Waals surface area contributed by atoms with Crippen LogP contribution in [-0.4, -0.2) is 42.9 Å². The fourth-order valence-electron chi connectivity index (χ4n) is 3.40. The Balaban J connectivity index is 2.03. The van der Waals surface area contributed by atoms with E-state index in [4.69, 9.17) is 14.2 Å². The number of aliphatic imine (C=N–C) groups is 1. The lowest BCUT2D eigenvalue weighted by Gasteiger charge is -2.18. The highest BCUT2D eigenvalue weighted by Crippen LogP contribution is 2.42. The minimum Gasteiger partial charge on any atom is -0.506 e. The van der Waals surface area contributed by atoms with Crippen LogP contribution in [0.2, 0.25) is 0 Å². The number of nitrogens with zero attached hydrogens (tertiary/aromatic N) is 1. The molecule has 9 heteroatoms. The van der Waals surface area contributed by atoms with Gasteiger partial charge in [0.25, 0.3) is 5.91 Å². The summed E-state index contributed by atoms with van der Waals surface area (Å²) in [6, 6.07) is 10.6. The number of benzene rings is 2. The van der Waals surface area contributed by atoms with Gasteiger partial charge in [0.2, 0.25) is 0 Å². The van der Waals surface area contributed by atoms with Crippen molar-refractivity contribution in [3.63, 3.8) is 0 Å². The monoisotopic (exact) mass is 573 g/mol. The van der Waals surface area contributed by atoms with Gasteiger partial charge in [-0.1, -0.05) is 44.7 Å². The second kappa shape index (κ2) is 11.3. The van der Waals surface area contributed by atoms with Crippen LogP contribution in [-0.2, 0) is 14.9 Å². The summed E-state index contributed by atoms with van der Waals surface area (Å²) < 4.78 is 16.6. The number of esters is 1. The van der Waals surface area contributed by atoms with Gasteiger partial charge < -0.3 is 19.3 Å². The molecule has 7 nitrogen and oxygen atoms in total. The van der Waals surface area contributed by atoms with Gasteiger partial charge in [0.1, 0.15) is 27.9 Å². The second-order valence-corrected chi connectivity index (χ2v) is 10.7. The predicted molar refractivity (Wildman–Crippen MR) is 146 cm³/mol. The van der Waals surface area contributed by atoms with Crippen LogP contribution in [0.3, 0.4) is 0 Å². The number of halogens is 1. The molecule has 1 amide bonds. The number of rotatable bonds is 6. The zero-order valence-electron chi connectivity index (χ0n) is 21.0. The van der Waals surface area contributed by atoms with Crippen molar-refractivity contribution in [3.05, 3.63) is 73.8 Å². The summed E-state index contributed by atoms with van der Waals surface area (Å²) in [5.41, 5.74) is 1.86. The number of aliphatic hydroxyl groups excluding tert-OH is 1. The third-order valence-corrected chi connectivity index (χ3v) is 7.00. The SMILES string of the molecule is CCOC(=O)C1=C(O)/C(=C\c2cc(Br)c(OC)cc2OC)SC1=NC(=O)c1ccc(C(C)(C)C)cc1. The van der Waals surface area contributed by atoms with Crippen molar-refractivity contribution in [1.29, 1.82) is 0 Å². The molecular formula is C27H28BrNO6S. The summed E-state index contributed by atoms with van der Waals surface area (Å²) in [5.74, 6) is -0.538. The van der Waals surface area contributed by atoms with Gasteiger partial charge in [-0.2, -0.15) is 0 Å². The third-order valence-electron chi connectivity index (χ3n) is 5.36. The van der Waals surface area contributed by atoms with E-state index in [1.807, 2.05) is 12.1 Å². The Morgan fingerprint density at radius 1 is 1.08 bits per heavy atom. The van der Waals surface area contributed by atoms with E-state index in [1.165, 1.54) is 7.11 Å². The lowest BCUT2D eigenvalue weighted by atomic mass is 9.87. The lowest BCUT2D eigenvalue weighted by Crippen LogP contribution is -2.14. The minimum atomic E-state index is -0.761. The van der Waals surface area contributed by atoms with Crippen LogP contribution >= 0.6 is 27.7 Å². The van der Waals surface area contributed by atoms with Crippen LogP contribution in [0.15, 0.2) is 62.1 Å². The summed E-state index contributed by atoms with van der Waals surface area (Å²) in [4.78, 5) is 30.1. The van der Waals surface area contributed by atoms with E-state index in [9.17, 15) is 14.7 Å². The van der Waals surface area contributed by atoms with Crippen LogP contribution in [0.4, 0.5) is 0 Å². The molecule has 0 fully saturated rings. The molecule has 0 saturated carbocycles. The molecule has 0 saturated heterocycles. The van der Waals surface area contributed by atoms with Gasteiger partial charge in [0.05, 0.1) is 30.2 Å². The van der Waals surface area contributed by atoms with Crippen molar-refractivity contribution in [2.24, 2.45) is 4.99 Å². The largest absolute Gasteiger partial charge is 0.506 e. The quantitative estimate of drug-likeness (QED) is 0.396. The van der Waals surface area contributed by atoms with Gasteiger partial charge in [-0.15, -0.1) is 0 Å². The van der Waals surface area contributed by atoms with Crippen molar-refractivity contribution >= 4 is 50.7 Å². The molecule has 1 aliphatic heterocycles. The molecule has 1 aliphatic rings. The van der Waals surface area contributed by atoms with Crippen LogP contribution in [0.1, 0.15) is 49.2 Å². The summed E-state index contributed by atoms with van der Waals surface area (Å²) in [6.45, 7) is 8.02. The first-order chi connectivity index (χ1) is 17.0. The molecule has 3 rings (SSSR count). The van der Waals surface area contributed by atoms with E-state index < -0.39 is 11.9 Å². The Hall–Kier alpha value is -3.04. The molecule has 36 heavy (non-hydrogen) atoms. The zero-order valence-corrected chi connectivity index (χ0v) is 23.4. The van der Waals surface area contributed by atoms with Crippen molar-refractivity contribution in [2.45, 2.75) is 33.1 Å². The number of methoxy groups -OCH3 is 2. The van der Waals surface area contributed by atoms with Gasteiger partial charge in [-0.3, -0.25) is 4.79 Å². The van der Waals surface area contributed by atoms with Crippen molar-refractivity contribution < 1.29 is 28.9 Å². The molecule has 0 aromatic heterocycles. The fourth-order valence-corrected chi connectivity index (χ4v) is 4.93. The first-order valence-corrected chi connectivity index (χ1v) is 12.8. The number of ether oxygens (including phenoxy) is 3. The van der Waals surface area contributed by atoms with Gasteiger partial charge >= 0.3 is 5.97 Å². The van der Waals surface area contributed by atoms with Gasteiger partial charge in [-0.25, -0.2) is 9.79 Å². The molecule has 0 radical (unpaired) electrons. The van der Waals surface area contributed by atoms with Gasteiger partial charge in [-0.05, 0) is 58.1 Å². The zero-order chi connectivity index (χ0) is 26.6. The molecule has 0 atom stereocenters. The molecule has 190 valence electrons. The molecule has 1 heterocycles. The van der Waals surface area contributed by atoms with Crippen LogP contribution < -0.4 is 9.47 Å². The van der Waals surface area contributed by atoms with E-state index in [1.54, 1.807) is 44.4 Å². The van der Waals surface area contributed by atoms with Crippen LogP contribution in [0.5, 0.6) is 11.5 Å². The van der Waals surface area contributed by atoms with Crippen molar-refractivity contribution in [3.8, 4) is 11.5 Å². The smallest absolute Gasteiger partial charge is 0.344 e. The number of carbonyl (C=O) groups excluding carboxylic acids is 2. The topological polar surface area (TPSA) is 94.4 Å². The number of hydrogen-bond donors (Lipinski definition) is 1. The molecule has 0 spiro atoms. The Morgan fingerprint density at radius 3 is 2.28 bits per heavy atom. The number of thioether (sulfide) groups is 1. The highest BCUT2D eigenvalue weighted by atomic mass is 79.9. The lowest BCUT2D eigenvalue weighted by molar-refractivity contribution is -0.138. The maximum atomic E-state index is 13.0. The van der Waals surface area contributed by atoms with Crippen molar-refractivity contribution in [1.82, 2.24) is 0 Å². The number of amides is 1. The molecule has 0 unspecified atom stereocenters. The molecule has 0 aliphatic carbocycles. The van der Waals surface area contributed by atoms with Crippen LogP contribution in [0.25, 0.3) is 6.08 Å². The number of aliphatic hydroxyl groups is 1. The van der Waals surface area contributed by atoms with E-state index in [0.29, 0.717) is 32.0 Å². The summed E-state index contributed by atoms with van der Waals surface area (Å²) in [6.07, 6.45) is 1.65. The van der Waals surface area contributed by atoms with Gasteiger partial charge in [0, 0.05) is 17.2 Å². The first kappa shape index (κ1) is 27.5. The maximum Gasteiger partial charge on any atom is 0.344 e. The van der Waals surface area contributed by atoms with Gasteiger partial charge in [0.15, 0.2) is 0 Å². The standard InChI is InChI=1S/C27H28BrNO6S/c1-7-35-26(32)22-23(30)21(13-16-12-18(28)20(34-6)14-19(16)33-5)36-25(22)29-24(31)15-8-10-17(11-9-15)27(2,3)4/h8-14,30H,7H2,1-6H3/b21-13+,29-25?. The highest BCUT2D eigenvalue weighted by Gasteiger charge is 2.34. The summed E-state index contributed by atoms with van der Waals surface area (Å²) in [7, 11) is 3.06. The Kier molecular flexibility index (Phi) is 8.68. The Morgan fingerprint density at radius 2 is 1.72 bits per heavy atom. The molecule has 2 aromatic carbocycles. The average Bonchev–Trinajstić information content (AvgIpc) is 3.13. The molecule has 0 bridgehead atoms. The number of hydrogen-bond acceptors (Lipinski definition) is 7. The molecule has 2 aromatic rings. The summed E-state index contributed by atoms with van der Waals surface area (Å²) in [5, 5.41) is 11.0. The Labute approximate surface area is 223 Å². The average molecular weight is 574 g/mol. The van der Waals surface area contributed by atoms with E-state index in [0.717, 1.165) is 17.3 Å². The number of carbonyl (C=O) groups is 2. The Bertz CT molecular complexity index is 1270. The normalized spacial score (nSPS) is 16.0. The maximum absolute atomic E-state index is 13.0. The molecule has 1 N–H and O–H groups in total. The van der Waals surface area contributed by atoms with Crippen molar-refractivity contribution in [2.75, 3.05) is 20.8 Å². The summed E-state index contributed by atoms with van der Waals surface area (Å²) >= 11 is 4.45. The van der Waals surface area contributed by atoms with Crippen LogP contribution in [0, 0.1) is 0 Å². The van der Waals surface area contributed by atoms with E-state index in [-0.39, 0.29) is 28.4 Å². The second-order valence-electron chi connectivity index (χ2n) is 8.83. The third kappa shape index (κ3) is 6.02. The highest BCUT2D eigenvalue weighted by molar-refractivity contribution is 9.10. The molecular weight excluding hydrogens is 546 g/mol. The minimum absolute atomic E-state index is 0.0580.